The van der Waals surface area contributed by atoms with Crippen LogP contribution in [-0.2, 0) is 14.8 Å². The molecular weight excluding hydrogens is 370 g/mol. The SMILES string of the molecule is CCCCC(=O)Nc1nc2ccc(S(=O)(=O)N(C(C)C)C(C)C)cc2s1. The third kappa shape index (κ3) is 4.61. The van der Waals surface area contributed by atoms with Crippen LogP contribution in [0.15, 0.2) is 23.1 Å². The van der Waals surface area contributed by atoms with Crippen molar-refractivity contribution >= 4 is 42.6 Å². The van der Waals surface area contributed by atoms with E-state index in [2.05, 4.69) is 10.3 Å². The smallest absolute Gasteiger partial charge is 0.243 e. The molecule has 0 unspecified atom stereocenters. The van der Waals surface area contributed by atoms with Crippen molar-refractivity contribution in [3.63, 3.8) is 0 Å². The van der Waals surface area contributed by atoms with Crippen molar-refractivity contribution in [2.75, 3.05) is 5.32 Å². The summed E-state index contributed by atoms with van der Waals surface area (Å²) in [6.45, 7) is 9.50. The van der Waals surface area contributed by atoms with Crippen LogP contribution in [0.4, 0.5) is 5.13 Å². The number of amides is 1. The molecule has 0 aliphatic rings. The number of unbranched alkanes of at least 4 members (excludes halogenated alkanes) is 1. The van der Waals surface area contributed by atoms with E-state index in [-0.39, 0.29) is 22.9 Å². The fourth-order valence-electron chi connectivity index (χ4n) is 2.91. The molecule has 6 nitrogen and oxygen atoms in total. The fourth-order valence-corrected chi connectivity index (χ4v) is 5.77. The van der Waals surface area contributed by atoms with Crippen molar-refractivity contribution in [2.45, 2.75) is 70.9 Å². The van der Waals surface area contributed by atoms with Crippen molar-refractivity contribution in [1.82, 2.24) is 9.29 Å². The van der Waals surface area contributed by atoms with Gasteiger partial charge in [-0.25, -0.2) is 13.4 Å². The van der Waals surface area contributed by atoms with Gasteiger partial charge in [-0.2, -0.15) is 4.31 Å². The second-order valence-electron chi connectivity index (χ2n) is 6.82. The maximum Gasteiger partial charge on any atom is 0.243 e. The molecule has 0 spiro atoms. The Morgan fingerprint density at radius 1 is 1.23 bits per heavy atom. The minimum absolute atomic E-state index is 0.0652. The molecule has 0 fully saturated rings. The van der Waals surface area contributed by atoms with Crippen LogP contribution in [0, 0.1) is 0 Å². The van der Waals surface area contributed by atoms with E-state index in [1.165, 1.54) is 15.6 Å². The van der Waals surface area contributed by atoms with Crippen molar-refractivity contribution in [3.8, 4) is 0 Å². The fraction of sp³-hybridized carbons (Fsp3) is 0.556. The van der Waals surface area contributed by atoms with Gasteiger partial charge in [-0.05, 0) is 52.3 Å². The first kappa shape index (κ1) is 20.8. The van der Waals surface area contributed by atoms with E-state index in [4.69, 9.17) is 0 Å². The summed E-state index contributed by atoms with van der Waals surface area (Å²) in [5.41, 5.74) is 0.681. The summed E-state index contributed by atoms with van der Waals surface area (Å²) in [5.74, 6) is -0.0652. The molecule has 1 heterocycles. The topological polar surface area (TPSA) is 79.4 Å². The third-order valence-corrected chi connectivity index (χ3v) is 7.14. The Morgan fingerprint density at radius 3 is 2.46 bits per heavy atom. The lowest BCUT2D eigenvalue weighted by Gasteiger charge is -2.29. The predicted molar refractivity (Wildman–Crippen MR) is 107 cm³/mol. The summed E-state index contributed by atoms with van der Waals surface area (Å²) in [6, 6.07) is 4.65. The van der Waals surface area contributed by atoms with E-state index in [1.807, 2.05) is 34.6 Å². The van der Waals surface area contributed by atoms with E-state index >= 15 is 0 Å². The number of anilines is 1. The first-order valence-electron chi connectivity index (χ1n) is 8.90. The van der Waals surface area contributed by atoms with Gasteiger partial charge in [0.1, 0.15) is 0 Å². The summed E-state index contributed by atoms with van der Waals surface area (Å²) in [5, 5.41) is 3.29. The molecule has 1 N–H and O–H groups in total. The number of sulfonamides is 1. The van der Waals surface area contributed by atoms with E-state index < -0.39 is 10.0 Å². The molecule has 0 bridgehead atoms. The second-order valence-corrected chi connectivity index (χ2v) is 9.70. The van der Waals surface area contributed by atoms with Gasteiger partial charge < -0.3 is 5.32 Å². The largest absolute Gasteiger partial charge is 0.302 e. The molecule has 0 saturated carbocycles. The lowest BCUT2D eigenvalue weighted by Crippen LogP contribution is -2.41. The molecular formula is C18H27N3O3S2. The molecule has 0 aliphatic heterocycles. The summed E-state index contributed by atoms with van der Waals surface area (Å²) in [6.07, 6.45) is 2.25. The zero-order valence-electron chi connectivity index (χ0n) is 15.9. The first-order chi connectivity index (χ1) is 12.2. The standard InChI is InChI=1S/C18H27N3O3S2/c1-6-7-8-17(22)20-18-19-15-10-9-14(11-16(15)25-18)26(23,24)21(12(2)3)13(4)5/h9-13H,6-8H2,1-5H3,(H,19,20,22). The highest BCUT2D eigenvalue weighted by Crippen LogP contribution is 2.30. The Bertz CT molecular complexity index is 865. The van der Waals surface area contributed by atoms with Gasteiger partial charge in [0.05, 0.1) is 15.1 Å². The molecule has 26 heavy (non-hydrogen) atoms. The number of hydrogen-bond acceptors (Lipinski definition) is 5. The van der Waals surface area contributed by atoms with E-state index in [0.717, 1.165) is 17.5 Å². The zero-order valence-corrected chi connectivity index (χ0v) is 17.6. The molecule has 0 aliphatic carbocycles. The van der Waals surface area contributed by atoms with Crippen molar-refractivity contribution in [3.05, 3.63) is 18.2 Å². The average molecular weight is 398 g/mol. The number of hydrogen-bond donors (Lipinski definition) is 1. The Balaban J connectivity index is 2.32. The van der Waals surface area contributed by atoms with Crippen molar-refractivity contribution < 1.29 is 13.2 Å². The van der Waals surface area contributed by atoms with Crippen molar-refractivity contribution in [2.24, 2.45) is 0 Å². The van der Waals surface area contributed by atoms with E-state index in [0.29, 0.717) is 17.1 Å². The maximum atomic E-state index is 13.0. The summed E-state index contributed by atoms with van der Waals surface area (Å²) in [7, 11) is -3.59. The molecule has 0 atom stereocenters. The Kier molecular flexibility index (Phi) is 6.76. The van der Waals surface area contributed by atoms with Crippen LogP contribution in [-0.4, -0.2) is 35.7 Å². The summed E-state index contributed by atoms with van der Waals surface area (Å²) < 4.78 is 28.2. The molecule has 1 aromatic carbocycles. The Morgan fingerprint density at radius 2 is 1.88 bits per heavy atom. The highest BCUT2D eigenvalue weighted by atomic mass is 32.2. The minimum atomic E-state index is -3.59. The molecule has 2 aromatic rings. The molecule has 8 heteroatoms. The van der Waals surface area contributed by atoms with Gasteiger partial charge >= 0.3 is 0 Å². The van der Waals surface area contributed by atoms with Crippen LogP contribution < -0.4 is 5.32 Å². The number of carbonyl (C=O) groups is 1. The number of aromatic nitrogens is 1. The average Bonchev–Trinajstić information content (AvgIpc) is 2.92. The Hall–Kier alpha value is -1.51. The van der Waals surface area contributed by atoms with E-state index in [9.17, 15) is 13.2 Å². The number of benzene rings is 1. The molecule has 144 valence electrons. The van der Waals surface area contributed by atoms with Gasteiger partial charge in [0.2, 0.25) is 15.9 Å². The quantitative estimate of drug-likeness (QED) is 0.723. The maximum absolute atomic E-state index is 13.0. The minimum Gasteiger partial charge on any atom is -0.302 e. The van der Waals surface area contributed by atoms with Gasteiger partial charge in [0, 0.05) is 18.5 Å². The monoisotopic (exact) mass is 397 g/mol. The Labute approximate surface area is 159 Å². The van der Waals surface area contributed by atoms with Crippen LogP contribution in [0.25, 0.3) is 10.2 Å². The molecule has 1 aromatic heterocycles. The molecule has 2 rings (SSSR count). The van der Waals surface area contributed by atoms with Gasteiger partial charge in [-0.15, -0.1) is 0 Å². The van der Waals surface area contributed by atoms with Crippen LogP contribution in [0.2, 0.25) is 0 Å². The number of nitrogens with zero attached hydrogens (tertiary/aromatic N) is 2. The van der Waals surface area contributed by atoms with Gasteiger partial charge in [0.15, 0.2) is 5.13 Å². The van der Waals surface area contributed by atoms with Gasteiger partial charge in [-0.1, -0.05) is 24.7 Å². The second kappa shape index (κ2) is 8.45. The lowest BCUT2D eigenvalue weighted by atomic mass is 10.2. The normalized spacial score (nSPS) is 12.5. The molecule has 1 amide bonds. The number of rotatable bonds is 8. The predicted octanol–water partition coefficient (Wildman–Crippen LogP) is 4.23. The van der Waals surface area contributed by atoms with Gasteiger partial charge in [0.25, 0.3) is 0 Å². The number of fused-ring (bicyclic) bond motifs is 1. The van der Waals surface area contributed by atoms with Crippen LogP contribution in [0.5, 0.6) is 0 Å². The third-order valence-electron chi connectivity index (χ3n) is 3.96. The number of thiazole rings is 1. The summed E-state index contributed by atoms with van der Waals surface area (Å²) in [4.78, 5) is 16.5. The van der Waals surface area contributed by atoms with Crippen LogP contribution >= 0.6 is 11.3 Å². The van der Waals surface area contributed by atoms with Crippen LogP contribution in [0.3, 0.4) is 0 Å². The van der Waals surface area contributed by atoms with Crippen LogP contribution in [0.1, 0.15) is 53.9 Å². The number of nitrogens with one attached hydrogen (secondary N) is 1. The van der Waals surface area contributed by atoms with Crippen molar-refractivity contribution in [1.29, 1.82) is 0 Å². The zero-order chi connectivity index (χ0) is 19.5. The molecule has 0 saturated heterocycles. The van der Waals surface area contributed by atoms with E-state index in [1.54, 1.807) is 18.2 Å². The first-order valence-corrected chi connectivity index (χ1v) is 11.2. The van der Waals surface area contributed by atoms with Gasteiger partial charge in [-0.3, -0.25) is 4.79 Å². The number of carbonyl (C=O) groups excluding carboxylic acids is 1. The highest BCUT2D eigenvalue weighted by Gasteiger charge is 2.29. The highest BCUT2D eigenvalue weighted by molar-refractivity contribution is 7.89. The molecule has 0 radical (unpaired) electrons. The summed E-state index contributed by atoms with van der Waals surface area (Å²) >= 11 is 1.29. The lowest BCUT2D eigenvalue weighted by molar-refractivity contribution is -0.116.